The van der Waals surface area contributed by atoms with Gasteiger partial charge in [0.2, 0.25) is 0 Å². The summed E-state index contributed by atoms with van der Waals surface area (Å²) in [6, 6.07) is 11.6. The Morgan fingerprint density at radius 1 is 1.03 bits per heavy atom. The molecule has 9 heteroatoms. The molecule has 3 aromatic rings. The van der Waals surface area contributed by atoms with Crippen LogP contribution in [-0.4, -0.2) is 28.9 Å². The van der Waals surface area contributed by atoms with E-state index in [1.165, 1.54) is 24.3 Å². The molecule has 0 saturated carbocycles. The van der Waals surface area contributed by atoms with Crippen LogP contribution in [0.25, 0.3) is 17.4 Å². The van der Waals surface area contributed by atoms with Crippen molar-refractivity contribution in [1.29, 1.82) is 0 Å². The predicted octanol–water partition coefficient (Wildman–Crippen LogP) is 4.58. The van der Waals surface area contributed by atoms with Crippen molar-refractivity contribution >= 4 is 47.2 Å². The van der Waals surface area contributed by atoms with Crippen molar-refractivity contribution in [3.63, 3.8) is 0 Å². The summed E-state index contributed by atoms with van der Waals surface area (Å²) in [5, 5.41) is 11.7. The number of nitrogens with zero attached hydrogens (tertiary/aromatic N) is 1. The highest BCUT2D eigenvalue weighted by molar-refractivity contribution is 6.39. The third-order valence-corrected chi connectivity index (χ3v) is 5.59. The number of urea groups is 1. The number of carbonyl (C=O) groups excluding carboxylic acids is 3. The first kappa shape index (κ1) is 22.0. The molecule has 4 rings (SSSR count). The molecule has 1 aromatic heterocycles. The van der Waals surface area contributed by atoms with E-state index in [-0.39, 0.29) is 22.6 Å². The molecule has 1 fully saturated rings. The van der Waals surface area contributed by atoms with Crippen LogP contribution in [-0.2, 0) is 9.59 Å². The van der Waals surface area contributed by atoms with Crippen molar-refractivity contribution < 1.29 is 28.7 Å². The summed E-state index contributed by atoms with van der Waals surface area (Å²) in [7, 11) is 0. The number of benzene rings is 2. The number of aryl methyl sites for hydroxylation is 2. The first-order valence-corrected chi connectivity index (χ1v) is 10.2. The number of hydrogen-bond acceptors (Lipinski definition) is 5. The number of nitrogens with one attached hydrogen (secondary N) is 1. The number of furan rings is 1. The number of rotatable bonds is 4. The van der Waals surface area contributed by atoms with Crippen molar-refractivity contribution in [2.24, 2.45) is 0 Å². The number of carboxylic acids is 1. The lowest BCUT2D eigenvalue weighted by molar-refractivity contribution is -0.122. The van der Waals surface area contributed by atoms with E-state index in [1.54, 1.807) is 44.2 Å². The molecule has 166 valence electrons. The van der Waals surface area contributed by atoms with Crippen molar-refractivity contribution in [1.82, 2.24) is 5.32 Å². The minimum absolute atomic E-state index is 0.0969. The normalized spacial score (nSPS) is 15.2. The molecule has 2 N–H and O–H groups in total. The van der Waals surface area contributed by atoms with Gasteiger partial charge in [-0.1, -0.05) is 23.7 Å². The minimum Gasteiger partial charge on any atom is -0.478 e. The number of imide groups is 2. The van der Waals surface area contributed by atoms with E-state index in [1.807, 2.05) is 0 Å². The minimum atomic E-state index is -1.07. The summed E-state index contributed by atoms with van der Waals surface area (Å²) >= 11 is 6.12. The SMILES string of the molecule is Cc1ccc(N2C(=O)NC(=O)/C(=C/c3ccc(-c4cc(C(=O)O)ccc4C)o3)C2=O)cc1Cl. The van der Waals surface area contributed by atoms with Gasteiger partial charge in [-0.15, -0.1) is 0 Å². The van der Waals surface area contributed by atoms with Crippen LogP contribution in [0, 0.1) is 13.8 Å². The average Bonchev–Trinajstić information content (AvgIpc) is 3.22. The Hall–Kier alpha value is -4.17. The second kappa shape index (κ2) is 8.40. The molecule has 33 heavy (non-hydrogen) atoms. The highest BCUT2D eigenvalue weighted by Crippen LogP contribution is 2.29. The zero-order valence-electron chi connectivity index (χ0n) is 17.5. The van der Waals surface area contributed by atoms with Crippen molar-refractivity contribution in [3.8, 4) is 11.3 Å². The number of carboxylic acid groups (broad SMARTS) is 1. The number of hydrogen-bond donors (Lipinski definition) is 2. The summed E-state index contributed by atoms with van der Waals surface area (Å²) in [5.74, 6) is -2.22. The van der Waals surface area contributed by atoms with Gasteiger partial charge in [-0.25, -0.2) is 14.5 Å². The maximum absolute atomic E-state index is 13.0. The molecule has 4 amide bonds. The molecular formula is C24H17ClN2O6. The van der Waals surface area contributed by atoms with Crippen LogP contribution in [0.15, 0.2) is 58.5 Å². The Morgan fingerprint density at radius 3 is 2.45 bits per heavy atom. The van der Waals surface area contributed by atoms with Gasteiger partial charge >= 0.3 is 12.0 Å². The van der Waals surface area contributed by atoms with Crippen LogP contribution in [0.1, 0.15) is 27.2 Å². The molecule has 8 nitrogen and oxygen atoms in total. The largest absolute Gasteiger partial charge is 0.478 e. The van der Waals surface area contributed by atoms with Gasteiger partial charge in [0.25, 0.3) is 11.8 Å². The van der Waals surface area contributed by atoms with Crippen molar-refractivity contribution in [2.75, 3.05) is 4.90 Å². The standard InChI is InChI=1S/C24H17ClN2O6/c1-12-3-5-14(23(30)31)9-17(12)20-8-7-16(33-20)11-18-21(28)26-24(32)27(22(18)29)15-6-4-13(2)19(25)10-15/h3-11H,1-2H3,(H,30,31)(H,26,28,32)/b18-11-. The van der Waals surface area contributed by atoms with E-state index in [4.69, 9.17) is 16.0 Å². The number of barbiturate groups is 1. The number of anilines is 1. The van der Waals surface area contributed by atoms with Crippen LogP contribution in [0.2, 0.25) is 5.02 Å². The fourth-order valence-electron chi connectivity index (χ4n) is 3.35. The zero-order chi connectivity index (χ0) is 23.9. The zero-order valence-corrected chi connectivity index (χ0v) is 18.3. The van der Waals surface area contributed by atoms with Gasteiger partial charge in [0.05, 0.1) is 11.3 Å². The van der Waals surface area contributed by atoms with E-state index in [9.17, 15) is 24.3 Å². The lowest BCUT2D eigenvalue weighted by atomic mass is 10.0. The maximum Gasteiger partial charge on any atom is 0.335 e. The van der Waals surface area contributed by atoms with Gasteiger partial charge < -0.3 is 9.52 Å². The maximum atomic E-state index is 13.0. The Balaban J connectivity index is 1.70. The summed E-state index contributed by atoms with van der Waals surface area (Å²) in [6.07, 6.45) is 1.23. The van der Waals surface area contributed by atoms with Gasteiger partial charge in [0, 0.05) is 10.6 Å². The van der Waals surface area contributed by atoms with Crippen LogP contribution in [0.4, 0.5) is 10.5 Å². The molecule has 1 aliphatic rings. The monoisotopic (exact) mass is 464 g/mol. The van der Waals surface area contributed by atoms with E-state index < -0.39 is 23.8 Å². The molecule has 0 radical (unpaired) electrons. The molecule has 0 atom stereocenters. The van der Waals surface area contributed by atoms with E-state index in [2.05, 4.69) is 5.32 Å². The molecule has 2 heterocycles. The molecular weight excluding hydrogens is 448 g/mol. The Kier molecular flexibility index (Phi) is 5.61. The quantitative estimate of drug-likeness (QED) is 0.431. The number of halogens is 1. The fraction of sp³-hybridized carbons (Fsp3) is 0.0833. The third-order valence-electron chi connectivity index (χ3n) is 5.18. The van der Waals surface area contributed by atoms with Crippen LogP contribution in [0.3, 0.4) is 0 Å². The molecule has 0 bridgehead atoms. The van der Waals surface area contributed by atoms with Crippen LogP contribution < -0.4 is 10.2 Å². The Morgan fingerprint density at radius 2 is 1.76 bits per heavy atom. The summed E-state index contributed by atoms with van der Waals surface area (Å²) in [5.41, 5.74) is 2.12. The molecule has 1 aliphatic heterocycles. The second-order valence-corrected chi connectivity index (χ2v) is 7.84. The second-order valence-electron chi connectivity index (χ2n) is 7.43. The van der Waals surface area contributed by atoms with Crippen LogP contribution in [0.5, 0.6) is 0 Å². The predicted molar refractivity (Wildman–Crippen MR) is 121 cm³/mol. The third kappa shape index (κ3) is 4.16. The number of aromatic carboxylic acids is 1. The molecule has 0 unspecified atom stereocenters. The van der Waals surface area contributed by atoms with E-state index in [0.717, 1.165) is 16.0 Å². The summed E-state index contributed by atoms with van der Waals surface area (Å²) in [4.78, 5) is 49.9. The molecule has 0 spiro atoms. The molecule has 0 aliphatic carbocycles. The highest BCUT2D eigenvalue weighted by atomic mass is 35.5. The fourth-order valence-corrected chi connectivity index (χ4v) is 3.53. The smallest absolute Gasteiger partial charge is 0.335 e. The topological polar surface area (TPSA) is 117 Å². The van der Waals surface area contributed by atoms with Gasteiger partial charge in [0.1, 0.15) is 17.1 Å². The van der Waals surface area contributed by atoms with E-state index >= 15 is 0 Å². The van der Waals surface area contributed by atoms with Crippen molar-refractivity contribution in [2.45, 2.75) is 13.8 Å². The van der Waals surface area contributed by atoms with Gasteiger partial charge in [-0.05, 0) is 67.4 Å². The van der Waals surface area contributed by atoms with Crippen molar-refractivity contribution in [3.05, 3.63) is 81.6 Å². The van der Waals surface area contributed by atoms with Gasteiger partial charge in [0.15, 0.2) is 0 Å². The van der Waals surface area contributed by atoms with Crippen LogP contribution >= 0.6 is 11.6 Å². The first-order chi connectivity index (χ1) is 15.7. The summed E-state index contributed by atoms with van der Waals surface area (Å²) in [6.45, 7) is 3.58. The first-order valence-electron chi connectivity index (χ1n) is 9.77. The highest BCUT2D eigenvalue weighted by Gasteiger charge is 2.37. The Labute approximate surface area is 193 Å². The number of carbonyl (C=O) groups is 4. The summed E-state index contributed by atoms with van der Waals surface area (Å²) < 4.78 is 5.76. The van der Waals surface area contributed by atoms with E-state index in [0.29, 0.717) is 16.3 Å². The Bertz CT molecular complexity index is 1370. The lowest BCUT2D eigenvalue weighted by Gasteiger charge is -2.26. The van der Waals surface area contributed by atoms with Gasteiger partial charge in [-0.2, -0.15) is 0 Å². The molecule has 2 aromatic carbocycles. The lowest BCUT2D eigenvalue weighted by Crippen LogP contribution is -2.54. The van der Waals surface area contributed by atoms with Gasteiger partial charge in [-0.3, -0.25) is 14.9 Å². The molecule has 1 saturated heterocycles. The number of amides is 4. The average molecular weight is 465 g/mol.